The van der Waals surface area contributed by atoms with E-state index in [4.69, 9.17) is 11.8 Å². The monoisotopic (exact) mass is 190 g/mol. The summed E-state index contributed by atoms with van der Waals surface area (Å²) in [5.74, 6) is 0.109. The van der Waals surface area contributed by atoms with Crippen LogP contribution in [-0.4, -0.2) is 28.9 Å². The summed E-state index contributed by atoms with van der Waals surface area (Å²) in [7, 11) is 0. The summed E-state index contributed by atoms with van der Waals surface area (Å²) in [5, 5.41) is 0. The molecule has 1 atom stereocenters. The molecule has 12 heavy (non-hydrogen) atoms. The molecule has 0 saturated carbocycles. The van der Waals surface area contributed by atoms with E-state index in [2.05, 4.69) is 4.84 Å². The Balaban J connectivity index is 2.67. The van der Waals surface area contributed by atoms with Gasteiger partial charge in [-0.3, -0.25) is 4.79 Å². The molecule has 3 nitrogen and oxygen atoms in total. The maximum atomic E-state index is 11.6. The Bertz CT molecular complexity index is 188. The first-order valence-electron chi connectivity index (χ1n) is 4.14. The van der Waals surface area contributed by atoms with E-state index in [0.717, 1.165) is 13.0 Å². The molecule has 1 rings (SSSR count). The van der Waals surface area contributed by atoms with E-state index >= 15 is 0 Å². The van der Waals surface area contributed by atoms with Gasteiger partial charge in [-0.2, -0.15) is 0 Å². The van der Waals surface area contributed by atoms with Crippen LogP contribution < -0.4 is 4.84 Å². The van der Waals surface area contributed by atoms with Crippen LogP contribution in [-0.2, 0) is 4.79 Å². The summed E-state index contributed by atoms with van der Waals surface area (Å²) < 4.78 is 0. The Morgan fingerprint density at radius 1 is 1.58 bits per heavy atom. The topological polar surface area (TPSA) is 32.3 Å². The van der Waals surface area contributed by atoms with Crippen molar-refractivity contribution in [2.24, 2.45) is 0 Å². The molecule has 1 amide bonds. The first kappa shape index (κ1) is 9.81. The second-order valence-corrected chi connectivity index (χ2v) is 4.33. The van der Waals surface area contributed by atoms with E-state index in [0.29, 0.717) is 0 Å². The molecule has 1 fully saturated rings. The average Bonchev–Trinajstić information content (AvgIpc) is 2.29. The maximum absolute atomic E-state index is 11.6. The lowest BCUT2D eigenvalue weighted by atomic mass is 10.1. The van der Waals surface area contributed by atoms with Gasteiger partial charge in [0.2, 0.25) is 5.91 Å². The van der Waals surface area contributed by atoms with Crippen molar-refractivity contribution in [2.75, 3.05) is 6.54 Å². The zero-order valence-corrected chi connectivity index (χ0v) is 8.48. The van der Waals surface area contributed by atoms with Crippen LogP contribution in [0.5, 0.6) is 0 Å². The van der Waals surface area contributed by atoms with Gasteiger partial charge >= 0.3 is 0 Å². The summed E-state index contributed by atoms with van der Waals surface area (Å²) >= 11 is 5.42. The number of halogens is 1. The fourth-order valence-electron chi connectivity index (χ4n) is 1.45. The van der Waals surface area contributed by atoms with Crippen LogP contribution in [0.1, 0.15) is 27.2 Å². The van der Waals surface area contributed by atoms with Gasteiger partial charge in [-0.1, -0.05) is 0 Å². The zero-order chi connectivity index (χ0) is 9.35. The molecule has 1 aliphatic rings. The predicted molar refractivity (Wildman–Crippen MR) is 48.9 cm³/mol. The van der Waals surface area contributed by atoms with E-state index in [1.807, 2.05) is 25.7 Å². The van der Waals surface area contributed by atoms with Gasteiger partial charge in [-0.15, -0.1) is 0 Å². The Hall–Kier alpha value is -0.280. The van der Waals surface area contributed by atoms with Crippen molar-refractivity contribution < 1.29 is 4.79 Å². The number of likely N-dealkylation sites (tertiary alicyclic amines) is 1. The van der Waals surface area contributed by atoms with Gasteiger partial charge < -0.3 is 4.90 Å². The number of rotatable bonds is 1. The lowest BCUT2D eigenvalue weighted by Gasteiger charge is -2.31. The summed E-state index contributed by atoms with van der Waals surface area (Å²) in [4.78, 5) is 15.9. The number of amides is 1. The smallest absolute Gasteiger partial charge is 0.241 e. The van der Waals surface area contributed by atoms with Crippen LogP contribution in [0.4, 0.5) is 0 Å². The summed E-state index contributed by atoms with van der Waals surface area (Å²) in [5.41, 5.74) is -0.0838. The van der Waals surface area contributed by atoms with Gasteiger partial charge in [0.05, 0.1) is 0 Å². The fraction of sp³-hybridized carbons (Fsp3) is 0.875. The zero-order valence-electron chi connectivity index (χ0n) is 7.72. The highest BCUT2D eigenvalue weighted by atomic mass is 35.5. The Kier molecular flexibility index (Phi) is 2.64. The minimum absolute atomic E-state index is 0.0838. The highest BCUT2D eigenvalue weighted by Gasteiger charge is 2.36. The number of hydrogen-bond acceptors (Lipinski definition) is 2. The Morgan fingerprint density at radius 3 is 2.42 bits per heavy atom. The number of hydrogen-bond donors (Lipinski definition) is 1. The standard InChI is InChI=1S/C8H15ClN2O/c1-8(2,3)11-5-4-6(10-9)7(11)12/h6,10H,4-5H2,1-3H3/t6-/m0/s1. The van der Waals surface area contributed by atoms with Crippen LogP contribution in [0.2, 0.25) is 0 Å². The molecule has 0 aromatic rings. The minimum atomic E-state index is -0.189. The molecule has 0 aliphatic carbocycles. The lowest BCUT2D eigenvalue weighted by molar-refractivity contribution is -0.132. The van der Waals surface area contributed by atoms with Crippen molar-refractivity contribution in [2.45, 2.75) is 38.8 Å². The van der Waals surface area contributed by atoms with E-state index < -0.39 is 0 Å². The van der Waals surface area contributed by atoms with E-state index in [1.54, 1.807) is 0 Å². The van der Waals surface area contributed by atoms with Crippen LogP contribution in [0.3, 0.4) is 0 Å². The summed E-state index contributed by atoms with van der Waals surface area (Å²) in [6.07, 6.45) is 0.805. The average molecular weight is 191 g/mol. The molecule has 0 radical (unpaired) electrons. The van der Waals surface area contributed by atoms with Crippen LogP contribution in [0, 0.1) is 0 Å². The molecule has 1 saturated heterocycles. The largest absolute Gasteiger partial charge is 0.336 e. The molecule has 0 aromatic heterocycles. The molecule has 4 heteroatoms. The molecule has 0 aromatic carbocycles. The lowest BCUT2D eigenvalue weighted by Crippen LogP contribution is -2.45. The quantitative estimate of drug-likeness (QED) is 0.629. The van der Waals surface area contributed by atoms with Gasteiger partial charge in [-0.05, 0) is 39.0 Å². The predicted octanol–water partition coefficient (Wildman–Crippen LogP) is 1.13. The highest BCUT2D eigenvalue weighted by Crippen LogP contribution is 2.21. The van der Waals surface area contributed by atoms with E-state index in [-0.39, 0.29) is 17.5 Å². The van der Waals surface area contributed by atoms with E-state index in [9.17, 15) is 4.79 Å². The maximum Gasteiger partial charge on any atom is 0.241 e. The number of carbonyl (C=O) groups is 1. The second kappa shape index (κ2) is 3.23. The van der Waals surface area contributed by atoms with Crippen molar-refractivity contribution in [1.82, 2.24) is 9.74 Å². The van der Waals surface area contributed by atoms with Crippen molar-refractivity contribution in [3.8, 4) is 0 Å². The Labute approximate surface area is 78.2 Å². The molecule has 1 heterocycles. The van der Waals surface area contributed by atoms with Gasteiger partial charge in [0.25, 0.3) is 0 Å². The number of nitrogens with zero attached hydrogens (tertiary/aromatic N) is 1. The van der Waals surface area contributed by atoms with Crippen LogP contribution in [0.25, 0.3) is 0 Å². The third-order valence-corrected chi connectivity index (χ3v) is 2.41. The molecule has 1 aliphatic heterocycles. The normalized spacial score (nSPS) is 25.2. The molecular weight excluding hydrogens is 176 g/mol. The first-order valence-corrected chi connectivity index (χ1v) is 4.52. The van der Waals surface area contributed by atoms with E-state index in [1.165, 1.54) is 0 Å². The molecule has 0 spiro atoms. The van der Waals surface area contributed by atoms with Gasteiger partial charge in [-0.25, -0.2) is 4.84 Å². The second-order valence-electron chi connectivity index (χ2n) is 4.11. The molecule has 1 N–H and O–H groups in total. The summed E-state index contributed by atoms with van der Waals surface area (Å²) in [6.45, 7) is 6.89. The number of nitrogens with one attached hydrogen (secondary N) is 1. The van der Waals surface area contributed by atoms with Crippen molar-refractivity contribution in [3.63, 3.8) is 0 Å². The molecular formula is C8H15ClN2O. The van der Waals surface area contributed by atoms with Gasteiger partial charge in [0.1, 0.15) is 6.04 Å². The first-order chi connectivity index (χ1) is 5.46. The van der Waals surface area contributed by atoms with Crippen molar-refractivity contribution in [3.05, 3.63) is 0 Å². The van der Waals surface area contributed by atoms with Gasteiger partial charge in [0, 0.05) is 12.1 Å². The van der Waals surface area contributed by atoms with Crippen LogP contribution >= 0.6 is 11.8 Å². The van der Waals surface area contributed by atoms with Crippen molar-refractivity contribution in [1.29, 1.82) is 0 Å². The fourth-order valence-corrected chi connectivity index (χ4v) is 1.65. The molecule has 70 valence electrons. The third-order valence-electron chi connectivity index (χ3n) is 2.15. The highest BCUT2D eigenvalue weighted by molar-refractivity contribution is 6.15. The number of carbonyl (C=O) groups excluding carboxylic acids is 1. The SMILES string of the molecule is CC(C)(C)N1CC[C@H](NCl)C1=O. The summed E-state index contributed by atoms with van der Waals surface area (Å²) in [6, 6.07) is -0.189. The molecule has 0 bridgehead atoms. The minimum Gasteiger partial charge on any atom is -0.336 e. The Morgan fingerprint density at radius 2 is 2.17 bits per heavy atom. The van der Waals surface area contributed by atoms with Gasteiger partial charge in [0.15, 0.2) is 0 Å². The third kappa shape index (κ3) is 1.72. The molecule has 0 unspecified atom stereocenters. The van der Waals surface area contributed by atoms with Crippen LogP contribution in [0.15, 0.2) is 0 Å². The van der Waals surface area contributed by atoms with Crippen molar-refractivity contribution >= 4 is 17.7 Å².